The molecule has 0 radical (unpaired) electrons. The van der Waals surface area contributed by atoms with Crippen molar-refractivity contribution in [2.45, 2.75) is 6.54 Å². The van der Waals surface area contributed by atoms with Crippen molar-refractivity contribution in [3.05, 3.63) is 75.7 Å². The lowest BCUT2D eigenvalue weighted by Crippen LogP contribution is -2.21. The lowest BCUT2D eigenvalue weighted by Gasteiger charge is -2.10. The van der Waals surface area contributed by atoms with Crippen LogP contribution in [0.2, 0.25) is 5.15 Å². The van der Waals surface area contributed by atoms with Crippen molar-refractivity contribution < 1.29 is 4.74 Å². The monoisotopic (exact) mass is 299 g/mol. The van der Waals surface area contributed by atoms with E-state index in [1.54, 1.807) is 11.7 Å². The van der Waals surface area contributed by atoms with Crippen LogP contribution in [-0.4, -0.2) is 11.7 Å². The van der Waals surface area contributed by atoms with Crippen LogP contribution in [-0.2, 0) is 6.54 Å². The van der Waals surface area contributed by atoms with Gasteiger partial charge in [0.15, 0.2) is 0 Å². The van der Waals surface area contributed by atoms with Crippen LogP contribution >= 0.6 is 11.6 Å². The Bertz CT molecular complexity index is 838. The molecule has 1 aromatic heterocycles. The van der Waals surface area contributed by atoms with Crippen LogP contribution in [0.5, 0.6) is 5.75 Å². The summed E-state index contributed by atoms with van der Waals surface area (Å²) in [5.74, 6) is 0.788. The maximum Gasteiger partial charge on any atom is 0.259 e. The summed E-state index contributed by atoms with van der Waals surface area (Å²) >= 11 is 6.26. The van der Waals surface area contributed by atoms with Crippen LogP contribution in [0.25, 0.3) is 10.8 Å². The molecule has 2 aromatic carbocycles. The molecule has 0 aliphatic heterocycles. The van der Waals surface area contributed by atoms with E-state index < -0.39 is 0 Å². The van der Waals surface area contributed by atoms with Crippen molar-refractivity contribution in [2.75, 3.05) is 7.11 Å². The summed E-state index contributed by atoms with van der Waals surface area (Å²) in [5, 5.41) is 1.98. The van der Waals surface area contributed by atoms with Crippen molar-refractivity contribution in [1.29, 1.82) is 0 Å². The van der Waals surface area contributed by atoms with E-state index in [0.717, 1.165) is 16.7 Å². The first-order valence-corrected chi connectivity index (χ1v) is 6.98. The number of methoxy groups -OCH3 is 1. The van der Waals surface area contributed by atoms with Crippen LogP contribution in [0.3, 0.4) is 0 Å². The third-order valence-corrected chi connectivity index (χ3v) is 3.78. The highest BCUT2D eigenvalue weighted by atomic mass is 35.5. The number of hydrogen-bond acceptors (Lipinski definition) is 2. The summed E-state index contributed by atoms with van der Waals surface area (Å²) in [6, 6.07) is 16.9. The van der Waals surface area contributed by atoms with Gasteiger partial charge in [-0.15, -0.1) is 0 Å². The first kappa shape index (κ1) is 13.7. The smallest absolute Gasteiger partial charge is 0.259 e. The topological polar surface area (TPSA) is 31.2 Å². The number of benzene rings is 2. The van der Waals surface area contributed by atoms with Gasteiger partial charge >= 0.3 is 0 Å². The molecular weight excluding hydrogens is 286 g/mol. The Labute approximate surface area is 127 Å². The predicted molar refractivity (Wildman–Crippen MR) is 85.3 cm³/mol. The zero-order chi connectivity index (χ0) is 14.8. The fourth-order valence-electron chi connectivity index (χ4n) is 2.33. The van der Waals surface area contributed by atoms with Gasteiger partial charge in [0, 0.05) is 5.39 Å². The second kappa shape index (κ2) is 5.62. The van der Waals surface area contributed by atoms with Crippen molar-refractivity contribution in [2.24, 2.45) is 0 Å². The van der Waals surface area contributed by atoms with E-state index in [4.69, 9.17) is 16.3 Å². The standard InChI is InChI=1S/C17H14ClNO2/c1-21-14-8-6-12(7-9-14)11-19-16(18)10-13-4-2-3-5-15(13)17(19)20/h2-10H,11H2,1H3. The maximum atomic E-state index is 12.5. The van der Waals surface area contributed by atoms with Gasteiger partial charge in [-0.25, -0.2) is 0 Å². The van der Waals surface area contributed by atoms with Gasteiger partial charge in [0.1, 0.15) is 10.9 Å². The largest absolute Gasteiger partial charge is 0.497 e. The van der Waals surface area contributed by atoms with Gasteiger partial charge in [0.2, 0.25) is 0 Å². The third-order valence-electron chi connectivity index (χ3n) is 3.47. The van der Waals surface area contributed by atoms with Gasteiger partial charge in [-0.3, -0.25) is 9.36 Å². The molecule has 3 rings (SSSR count). The van der Waals surface area contributed by atoms with Crippen molar-refractivity contribution in [3.63, 3.8) is 0 Å². The summed E-state index contributed by atoms with van der Waals surface area (Å²) in [7, 11) is 1.62. The molecule has 0 aliphatic carbocycles. The SMILES string of the molecule is COc1ccc(Cn2c(Cl)cc3ccccc3c2=O)cc1. The molecule has 0 atom stereocenters. The van der Waals surface area contributed by atoms with Gasteiger partial charge in [-0.05, 0) is 35.2 Å². The molecule has 1 heterocycles. The molecule has 0 amide bonds. The highest BCUT2D eigenvalue weighted by Crippen LogP contribution is 2.18. The maximum absolute atomic E-state index is 12.5. The Morgan fingerprint density at radius 2 is 1.81 bits per heavy atom. The molecule has 21 heavy (non-hydrogen) atoms. The van der Waals surface area contributed by atoms with Crippen molar-refractivity contribution in [1.82, 2.24) is 4.57 Å². The Morgan fingerprint density at radius 3 is 2.52 bits per heavy atom. The molecule has 3 aromatic rings. The van der Waals surface area contributed by atoms with Crippen LogP contribution in [0.4, 0.5) is 0 Å². The summed E-state index contributed by atoms with van der Waals surface area (Å²) in [4.78, 5) is 12.5. The second-order valence-electron chi connectivity index (χ2n) is 4.79. The quantitative estimate of drug-likeness (QED) is 0.690. The number of hydrogen-bond donors (Lipinski definition) is 0. The van der Waals surface area contributed by atoms with Crippen LogP contribution in [0.15, 0.2) is 59.4 Å². The van der Waals surface area contributed by atoms with Gasteiger partial charge < -0.3 is 4.74 Å². The highest BCUT2D eigenvalue weighted by molar-refractivity contribution is 6.30. The Morgan fingerprint density at radius 1 is 1.10 bits per heavy atom. The molecule has 4 heteroatoms. The fraction of sp³-hybridized carbons (Fsp3) is 0.118. The van der Waals surface area contributed by atoms with Crippen LogP contribution in [0.1, 0.15) is 5.56 Å². The van der Waals surface area contributed by atoms with Crippen LogP contribution in [0, 0.1) is 0 Å². The minimum atomic E-state index is -0.0751. The minimum absolute atomic E-state index is 0.0751. The average Bonchev–Trinajstić information content (AvgIpc) is 2.52. The molecule has 0 saturated carbocycles. The normalized spacial score (nSPS) is 10.8. The Balaban J connectivity index is 2.05. The van der Waals surface area contributed by atoms with E-state index in [0.29, 0.717) is 17.1 Å². The molecule has 0 N–H and O–H groups in total. The molecule has 0 unspecified atom stereocenters. The molecule has 0 bridgehead atoms. The molecular formula is C17H14ClNO2. The van der Waals surface area contributed by atoms with E-state index in [-0.39, 0.29) is 5.56 Å². The van der Waals surface area contributed by atoms with E-state index >= 15 is 0 Å². The summed E-state index contributed by atoms with van der Waals surface area (Å²) in [6.07, 6.45) is 0. The van der Waals surface area contributed by atoms with Gasteiger partial charge in [0.05, 0.1) is 13.7 Å². The van der Waals surface area contributed by atoms with E-state index in [1.807, 2.05) is 54.6 Å². The van der Waals surface area contributed by atoms with E-state index in [1.165, 1.54) is 0 Å². The zero-order valence-electron chi connectivity index (χ0n) is 11.5. The number of fused-ring (bicyclic) bond motifs is 1. The lowest BCUT2D eigenvalue weighted by molar-refractivity contribution is 0.414. The molecule has 0 fully saturated rings. The fourth-order valence-corrected chi connectivity index (χ4v) is 2.58. The first-order chi connectivity index (χ1) is 10.2. The zero-order valence-corrected chi connectivity index (χ0v) is 12.3. The summed E-state index contributed by atoms with van der Waals surface area (Å²) < 4.78 is 6.70. The van der Waals surface area contributed by atoms with Crippen molar-refractivity contribution >= 4 is 22.4 Å². The van der Waals surface area contributed by atoms with Gasteiger partial charge in [-0.2, -0.15) is 0 Å². The lowest BCUT2D eigenvalue weighted by atomic mass is 10.1. The number of halogens is 1. The Kier molecular flexibility index (Phi) is 3.67. The highest BCUT2D eigenvalue weighted by Gasteiger charge is 2.08. The Hall–Kier alpha value is -2.26. The molecule has 3 nitrogen and oxygen atoms in total. The predicted octanol–water partition coefficient (Wildman–Crippen LogP) is 3.71. The number of aromatic nitrogens is 1. The number of ether oxygens (including phenoxy) is 1. The van der Waals surface area contributed by atoms with E-state index in [2.05, 4.69) is 0 Å². The van der Waals surface area contributed by atoms with E-state index in [9.17, 15) is 4.79 Å². The first-order valence-electron chi connectivity index (χ1n) is 6.60. The molecule has 106 valence electrons. The average molecular weight is 300 g/mol. The molecule has 0 spiro atoms. The molecule has 0 saturated heterocycles. The number of pyridine rings is 1. The summed E-state index contributed by atoms with van der Waals surface area (Å²) in [5.41, 5.74) is 0.920. The molecule has 0 aliphatic rings. The van der Waals surface area contributed by atoms with Crippen LogP contribution < -0.4 is 10.3 Å². The minimum Gasteiger partial charge on any atom is -0.497 e. The van der Waals surface area contributed by atoms with Gasteiger partial charge in [0.25, 0.3) is 5.56 Å². The van der Waals surface area contributed by atoms with Crippen molar-refractivity contribution in [3.8, 4) is 5.75 Å². The second-order valence-corrected chi connectivity index (χ2v) is 5.18. The number of nitrogens with zero attached hydrogens (tertiary/aromatic N) is 1. The summed E-state index contributed by atoms with van der Waals surface area (Å²) in [6.45, 7) is 0.437. The number of rotatable bonds is 3. The third kappa shape index (κ3) is 2.65. The van der Waals surface area contributed by atoms with Gasteiger partial charge in [-0.1, -0.05) is 41.9 Å².